The van der Waals surface area contributed by atoms with Crippen LogP contribution in [0.3, 0.4) is 0 Å². The van der Waals surface area contributed by atoms with Crippen molar-refractivity contribution in [2.45, 2.75) is 31.4 Å². The zero-order valence-corrected chi connectivity index (χ0v) is 13.8. The summed E-state index contributed by atoms with van der Waals surface area (Å²) >= 11 is 0. The molecule has 0 bridgehead atoms. The summed E-state index contributed by atoms with van der Waals surface area (Å²) in [5, 5.41) is 6.02. The molecule has 1 aliphatic heterocycles. The van der Waals surface area contributed by atoms with Crippen LogP contribution in [0.5, 0.6) is 0 Å². The van der Waals surface area contributed by atoms with E-state index in [0.717, 1.165) is 18.4 Å². The molecule has 1 aromatic carbocycles. The van der Waals surface area contributed by atoms with E-state index in [1.54, 1.807) is 30.6 Å². The Labute approximate surface area is 145 Å². The molecule has 1 aliphatic rings. The van der Waals surface area contributed by atoms with Crippen LogP contribution < -0.4 is 10.6 Å². The molecule has 0 saturated carbocycles. The van der Waals surface area contributed by atoms with Crippen LogP contribution in [0.15, 0.2) is 42.7 Å². The van der Waals surface area contributed by atoms with E-state index in [1.165, 1.54) is 12.1 Å². The van der Waals surface area contributed by atoms with Crippen molar-refractivity contribution in [1.82, 2.24) is 15.3 Å². The Morgan fingerprint density at radius 3 is 2.72 bits per heavy atom. The summed E-state index contributed by atoms with van der Waals surface area (Å²) in [6.45, 7) is 1.11. The Morgan fingerprint density at radius 2 is 2.04 bits per heavy atom. The summed E-state index contributed by atoms with van der Waals surface area (Å²) < 4.78 is 18.9. The number of benzene rings is 1. The van der Waals surface area contributed by atoms with Crippen LogP contribution >= 0.6 is 0 Å². The summed E-state index contributed by atoms with van der Waals surface area (Å²) in [5.41, 5.74) is 0.848. The van der Waals surface area contributed by atoms with Crippen molar-refractivity contribution in [3.63, 3.8) is 0 Å². The van der Waals surface area contributed by atoms with Crippen molar-refractivity contribution in [1.29, 1.82) is 0 Å². The van der Waals surface area contributed by atoms with Crippen LogP contribution in [0.1, 0.15) is 30.9 Å². The SMILES string of the molecule is O=C(CCNc1ncccn1)N[C@H](c1ccc(F)cc1)[C@H]1CCCO1. The second-order valence-corrected chi connectivity index (χ2v) is 5.90. The molecule has 2 atom stereocenters. The van der Waals surface area contributed by atoms with Crippen LogP contribution in [0.25, 0.3) is 0 Å². The summed E-state index contributed by atoms with van der Waals surface area (Å²) in [5.74, 6) is 0.0889. The molecule has 2 heterocycles. The van der Waals surface area contributed by atoms with E-state index < -0.39 is 0 Å². The maximum atomic E-state index is 13.2. The van der Waals surface area contributed by atoms with Gasteiger partial charge in [0.2, 0.25) is 11.9 Å². The van der Waals surface area contributed by atoms with Gasteiger partial charge in [0.25, 0.3) is 0 Å². The fourth-order valence-electron chi connectivity index (χ4n) is 2.85. The molecule has 0 radical (unpaired) electrons. The van der Waals surface area contributed by atoms with Gasteiger partial charge < -0.3 is 15.4 Å². The predicted octanol–water partition coefficient (Wildman–Crippen LogP) is 2.45. The lowest BCUT2D eigenvalue weighted by molar-refractivity contribution is -0.122. The van der Waals surface area contributed by atoms with E-state index in [1.807, 2.05) is 0 Å². The molecule has 0 spiro atoms. The minimum atomic E-state index is -0.298. The third kappa shape index (κ3) is 4.96. The van der Waals surface area contributed by atoms with Crippen molar-refractivity contribution < 1.29 is 13.9 Å². The number of anilines is 1. The zero-order valence-electron chi connectivity index (χ0n) is 13.8. The number of rotatable bonds is 7. The monoisotopic (exact) mass is 344 g/mol. The highest BCUT2D eigenvalue weighted by Crippen LogP contribution is 2.27. The predicted molar refractivity (Wildman–Crippen MR) is 91.4 cm³/mol. The highest BCUT2D eigenvalue weighted by Gasteiger charge is 2.28. The molecular weight excluding hydrogens is 323 g/mol. The fourth-order valence-corrected chi connectivity index (χ4v) is 2.85. The van der Waals surface area contributed by atoms with Crippen molar-refractivity contribution in [3.8, 4) is 0 Å². The minimum Gasteiger partial charge on any atom is -0.376 e. The Bertz CT molecular complexity index is 675. The van der Waals surface area contributed by atoms with Gasteiger partial charge in [0.05, 0.1) is 12.1 Å². The number of carbonyl (C=O) groups excluding carboxylic acids is 1. The van der Waals surface area contributed by atoms with Crippen LogP contribution in [-0.4, -0.2) is 35.1 Å². The molecule has 25 heavy (non-hydrogen) atoms. The smallest absolute Gasteiger partial charge is 0.222 e. The Morgan fingerprint density at radius 1 is 1.28 bits per heavy atom. The van der Waals surface area contributed by atoms with Gasteiger partial charge in [-0.15, -0.1) is 0 Å². The normalized spacial score (nSPS) is 17.9. The number of nitrogens with one attached hydrogen (secondary N) is 2. The minimum absolute atomic E-state index is 0.0835. The van der Waals surface area contributed by atoms with E-state index in [4.69, 9.17) is 4.74 Å². The fraction of sp³-hybridized carbons (Fsp3) is 0.389. The van der Waals surface area contributed by atoms with Crippen molar-refractivity contribution in [2.24, 2.45) is 0 Å². The molecule has 1 aromatic heterocycles. The number of hydrogen-bond acceptors (Lipinski definition) is 5. The number of carbonyl (C=O) groups is 1. The molecule has 1 amide bonds. The van der Waals surface area contributed by atoms with Gasteiger partial charge in [-0.1, -0.05) is 12.1 Å². The lowest BCUT2D eigenvalue weighted by Crippen LogP contribution is -2.36. The van der Waals surface area contributed by atoms with Crippen molar-refractivity contribution in [3.05, 3.63) is 54.1 Å². The first-order valence-corrected chi connectivity index (χ1v) is 8.40. The molecule has 132 valence electrons. The Kier molecular flexibility index (Phi) is 5.90. The van der Waals surface area contributed by atoms with Gasteiger partial charge in [-0.3, -0.25) is 4.79 Å². The maximum Gasteiger partial charge on any atom is 0.222 e. The second-order valence-electron chi connectivity index (χ2n) is 5.90. The third-order valence-corrected chi connectivity index (χ3v) is 4.08. The number of aromatic nitrogens is 2. The topological polar surface area (TPSA) is 76.1 Å². The van der Waals surface area contributed by atoms with Gasteiger partial charge in [0.15, 0.2) is 0 Å². The summed E-state index contributed by atoms with van der Waals surface area (Å²) in [6.07, 6.45) is 5.31. The zero-order chi connectivity index (χ0) is 17.5. The van der Waals surface area contributed by atoms with Gasteiger partial charge in [-0.25, -0.2) is 14.4 Å². The van der Waals surface area contributed by atoms with Crippen LogP contribution in [0.2, 0.25) is 0 Å². The Hall–Kier alpha value is -2.54. The number of amides is 1. The lowest BCUT2D eigenvalue weighted by Gasteiger charge is -2.25. The summed E-state index contributed by atoms with van der Waals surface area (Å²) in [6, 6.07) is 7.64. The van der Waals surface area contributed by atoms with Gasteiger partial charge in [0.1, 0.15) is 5.82 Å². The molecule has 6 nitrogen and oxygen atoms in total. The van der Waals surface area contributed by atoms with E-state index in [-0.39, 0.29) is 30.3 Å². The van der Waals surface area contributed by atoms with Crippen LogP contribution in [-0.2, 0) is 9.53 Å². The maximum absolute atomic E-state index is 13.2. The van der Waals surface area contributed by atoms with Gasteiger partial charge in [-0.2, -0.15) is 0 Å². The van der Waals surface area contributed by atoms with E-state index in [2.05, 4.69) is 20.6 Å². The number of halogens is 1. The Balaban J connectivity index is 1.57. The quantitative estimate of drug-likeness (QED) is 0.807. The first-order chi connectivity index (χ1) is 12.2. The number of hydrogen-bond donors (Lipinski definition) is 2. The molecule has 1 fully saturated rings. The first kappa shape index (κ1) is 17.3. The molecule has 7 heteroatoms. The summed E-state index contributed by atoms with van der Waals surface area (Å²) in [7, 11) is 0. The van der Waals surface area contributed by atoms with Crippen LogP contribution in [0, 0.1) is 5.82 Å². The highest BCUT2D eigenvalue weighted by molar-refractivity contribution is 5.77. The average Bonchev–Trinajstić information content (AvgIpc) is 3.16. The molecule has 2 N–H and O–H groups in total. The molecule has 2 aromatic rings. The van der Waals surface area contributed by atoms with Gasteiger partial charge >= 0.3 is 0 Å². The van der Waals surface area contributed by atoms with Crippen molar-refractivity contribution >= 4 is 11.9 Å². The molecule has 1 saturated heterocycles. The lowest BCUT2D eigenvalue weighted by atomic mass is 9.99. The van der Waals surface area contributed by atoms with Gasteiger partial charge in [0, 0.05) is 32.0 Å². The first-order valence-electron chi connectivity index (χ1n) is 8.40. The van der Waals surface area contributed by atoms with Gasteiger partial charge in [-0.05, 0) is 36.6 Å². The highest BCUT2D eigenvalue weighted by atomic mass is 19.1. The molecule has 0 aliphatic carbocycles. The summed E-state index contributed by atoms with van der Waals surface area (Å²) in [4.78, 5) is 20.4. The standard InChI is InChI=1S/C18H21FN4O2/c19-14-6-4-13(5-7-14)17(15-3-1-12-25-15)23-16(24)8-11-22-18-20-9-2-10-21-18/h2,4-7,9-10,15,17H,1,3,8,11-12H2,(H,23,24)(H,20,21,22)/t15-,17-/m1/s1. The molecule has 0 unspecified atom stereocenters. The molecular formula is C18H21FN4O2. The third-order valence-electron chi connectivity index (χ3n) is 4.08. The molecule has 3 rings (SSSR count). The van der Waals surface area contributed by atoms with Crippen LogP contribution in [0.4, 0.5) is 10.3 Å². The second kappa shape index (κ2) is 8.53. The largest absolute Gasteiger partial charge is 0.376 e. The number of nitrogens with zero attached hydrogens (tertiary/aromatic N) is 2. The van der Waals surface area contributed by atoms with E-state index >= 15 is 0 Å². The number of ether oxygens (including phenoxy) is 1. The van der Waals surface area contributed by atoms with E-state index in [0.29, 0.717) is 19.1 Å². The van der Waals surface area contributed by atoms with Crippen molar-refractivity contribution in [2.75, 3.05) is 18.5 Å². The average molecular weight is 344 g/mol. The van der Waals surface area contributed by atoms with E-state index in [9.17, 15) is 9.18 Å².